The fraction of sp³-hybridized carbons (Fsp3) is 0.543. The summed E-state index contributed by atoms with van der Waals surface area (Å²) in [6.45, 7) is 9.20. The highest BCUT2D eigenvalue weighted by Gasteiger charge is 2.43. The molecule has 1 amide bonds. The Kier molecular flexibility index (Phi) is 12.5. The Morgan fingerprint density at radius 1 is 1.16 bits per heavy atom. The fourth-order valence-corrected chi connectivity index (χ4v) is 6.40. The lowest BCUT2D eigenvalue weighted by Crippen LogP contribution is -2.50. The predicted octanol–water partition coefficient (Wildman–Crippen LogP) is 5.06. The number of hydrogen-bond acceptors (Lipinski definition) is 7. The summed E-state index contributed by atoms with van der Waals surface area (Å²) in [5.41, 5.74) is 1.23. The number of likely N-dealkylation sites (tertiary alicyclic amines) is 2. The molecule has 0 aliphatic carbocycles. The van der Waals surface area contributed by atoms with Crippen LogP contribution in [-0.2, 0) is 32.0 Å². The van der Waals surface area contributed by atoms with Crippen molar-refractivity contribution < 1.29 is 37.7 Å². The number of carbonyl (C=O) groups is 2. The Bertz CT molecular complexity index is 1270. The largest absolute Gasteiger partial charge is 0.497 e. The third-order valence-electron chi connectivity index (χ3n) is 8.87. The van der Waals surface area contributed by atoms with Crippen LogP contribution in [0.5, 0.6) is 5.75 Å². The van der Waals surface area contributed by atoms with Crippen LogP contribution in [0, 0.1) is 17.6 Å². The van der Waals surface area contributed by atoms with E-state index in [1.54, 1.807) is 25.0 Å². The van der Waals surface area contributed by atoms with Crippen molar-refractivity contribution >= 4 is 11.9 Å². The molecule has 246 valence electrons. The molecule has 6 atom stereocenters. The summed E-state index contributed by atoms with van der Waals surface area (Å²) < 4.78 is 45.6. The average Bonchev–Trinajstić information content (AvgIpc) is 3.60. The molecule has 1 N–H and O–H groups in total. The van der Waals surface area contributed by atoms with E-state index in [0.29, 0.717) is 39.1 Å². The van der Waals surface area contributed by atoms with Gasteiger partial charge < -0.3 is 24.2 Å². The molecule has 0 bridgehead atoms. The summed E-state index contributed by atoms with van der Waals surface area (Å²) in [4.78, 5) is 30.2. The summed E-state index contributed by atoms with van der Waals surface area (Å²) in [7, 11) is 1.60. The maximum absolute atomic E-state index is 14.2. The topological polar surface area (TPSA) is 88.5 Å². The molecule has 2 aromatic rings. The zero-order valence-electron chi connectivity index (χ0n) is 26.5. The third kappa shape index (κ3) is 9.11. The van der Waals surface area contributed by atoms with E-state index in [-0.39, 0.29) is 29.9 Å². The zero-order valence-corrected chi connectivity index (χ0v) is 26.5. The molecule has 0 aromatic heterocycles. The number of hydrogen-bond donors (Lipinski definition) is 1. The van der Waals surface area contributed by atoms with Crippen LogP contribution in [0.3, 0.4) is 0 Å². The van der Waals surface area contributed by atoms with E-state index in [2.05, 4.69) is 18.4 Å². The van der Waals surface area contributed by atoms with Gasteiger partial charge >= 0.3 is 5.97 Å². The number of unbranched alkanes of at least 4 members (excludes halogenated alkanes) is 1. The van der Waals surface area contributed by atoms with Crippen molar-refractivity contribution in [3.8, 4) is 5.75 Å². The number of rotatable bonds is 16. The standard InChI is InChI=1S/C35H46F2N2O6/c1-5-7-8-26-13-14-39(34(26)41)23(3)35(42)45-32(18-25-16-27(36)19-28(37)17-25)33(40)31-20-30(44-15-6-2)22-38(31)21-24-9-11-29(43-4)12-10-24/h6,9-12,16-17,19,23,26,30-33,40H,2,5,7-8,13-15,18,20-22H2,1,3-4H3/t23-,26-,30+,31+,32-,33+/m0/s1. The third-order valence-corrected chi connectivity index (χ3v) is 8.87. The molecule has 2 saturated heterocycles. The summed E-state index contributed by atoms with van der Waals surface area (Å²) in [5, 5.41) is 11.9. The number of nitrogens with zero attached hydrogens (tertiary/aromatic N) is 2. The number of ether oxygens (including phenoxy) is 3. The molecule has 2 heterocycles. The van der Waals surface area contributed by atoms with Gasteiger partial charge in [-0.15, -0.1) is 6.58 Å². The van der Waals surface area contributed by atoms with Crippen molar-refractivity contribution in [3.05, 3.63) is 77.9 Å². The van der Waals surface area contributed by atoms with Gasteiger partial charge in [-0.1, -0.05) is 38.0 Å². The first-order valence-electron chi connectivity index (χ1n) is 15.9. The number of amides is 1. The normalized spacial score (nSPS) is 22.3. The van der Waals surface area contributed by atoms with Crippen molar-refractivity contribution in [2.75, 3.05) is 26.8 Å². The van der Waals surface area contributed by atoms with Crippen LogP contribution >= 0.6 is 0 Å². The molecule has 2 aliphatic rings. The Labute approximate surface area is 264 Å². The fourth-order valence-electron chi connectivity index (χ4n) is 6.40. The lowest BCUT2D eigenvalue weighted by molar-refractivity contribution is -0.165. The SMILES string of the molecule is C=CCO[C@@H]1C[C@H]([C@@H](O)[C@H](Cc2cc(F)cc(F)c2)OC(=O)[C@H](C)N2CC[C@H](CCCC)C2=O)N(Cc2ccc(OC)cc2)C1. The Morgan fingerprint density at radius 3 is 2.51 bits per heavy atom. The van der Waals surface area contributed by atoms with Crippen molar-refractivity contribution in [3.63, 3.8) is 0 Å². The Hall–Kier alpha value is -3.34. The predicted molar refractivity (Wildman–Crippen MR) is 167 cm³/mol. The Morgan fingerprint density at radius 2 is 1.87 bits per heavy atom. The highest BCUT2D eigenvalue weighted by atomic mass is 19.1. The van der Waals surface area contributed by atoms with Crippen LogP contribution in [0.15, 0.2) is 55.1 Å². The first kappa shape index (κ1) is 34.5. The van der Waals surface area contributed by atoms with E-state index in [4.69, 9.17) is 14.2 Å². The lowest BCUT2D eigenvalue weighted by atomic mass is 9.96. The van der Waals surface area contributed by atoms with Crippen LogP contribution in [0.4, 0.5) is 8.78 Å². The van der Waals surface area contributed by atoms with Gasteiger partial charge in [0.15, 0.2) is 0 Å². The number of carbonyl (C=O) groups excluding carboxylic acids is 2. The number of aliphatic hydroxyl groups is 1. The van der Waals surface area contributed by atoms with E-state index in [9.17, 15) is 23.5 Å². The van der Waals surface area contributed by atoms with E-state index in [0.717, 1.165) is 36.6 Å². The second-order valence-corrected chi connectivity index (χ2v) is 12.1. The molecule has 0 unspecified atom stereocenters. The van der Waals surface area contributed by atoms with Crippen LogP contribution < -0.4 is 4.74 Å². The molecule has 0 spiro atoms. The number of methoxy groups -OCH3 is 1. The number of halogens is 2. The molecular weight excluding hydrogens is 582 g/mol. The van der Waals surface area contributed by atoms with Gasteiger partial charge in [-0.05, 0) is 61.6 Å². The van der Waals surface area contributed by atoms with Crippen LogP contribution in [0.1, 0.15) is 57.1 Å². The van der Waals surface area contributed by atoms with E-state index >= 15 is 0 Å². The molecule has 10 heteroatoms. The minimum absolute atomic E-state index is 0.0686. The molecule has 45 heavy (non-hydrogen) atoms. The quantitative estimate of drug-likeness (QED) is 0.205. The van der Waals surface area contributed by atoms with Gasteiger partial charge in [-0.2, -0.15) is 0 Å². The molecule has 2 fully saturated rings. The summed E-state index contributed by atoms with van der Waals surface area (Å²) >= 11 is 0. The van der Waals surface area contributed by atoms with Gasteiger partial charge in [0.2, 0.25) is 5.91 Å². The van der Waals surface area contributed by atoms with Crippen molar-refractivity contribution in [2.24, 2.45) is 5.92 Å². The Balaban J connectivity index is 1.56. The molecule has 8 nitrogen and oxygen atoms in total. The van der Waals surface area contributed by atoms with E-state index < -0.39 is 41.9 Å². The molecule has 4 rings (SSSR count). The van der Waals surface area contributed by atoms with Crippen molar-refractivity contribution in [1.82, 2.24) is 9.80 Å². The molecule has 0 radical (unpaired) electrons. The minimum Gasteiger partial charge on any atom is -0.497 e. The molecular formula is C35H46F2N2O6. The summed E-state index contributed by atoms with van der Waals surface area (Å²) in [5.74, 6) is -1.66. The van der Waals surface area contributed by atoms with Crippen LogP contribution in [0.25, 0.3) is 0 Å². The summed E-state index contributed by atoms with van der Waals surface area (Å²) in [6, 6.07) is 9.34. The van der Waals surface area contributed by atoms with Gasteiger partial charge in [0.25, 0.3) is 0 Å². The van der Waals surface area contributed by atoms with Crippen LogP contribution in [-0.4, -0.2) is 84.0 Å². The smallest absolute Gasteiger partial charge is 0.328 e. The highest BCUT2D eigenvalue weighted by molar-refractivity contribution is 5.87. The second-order valence-electron chi connectivity index (χ2n) is 12.1. The van der Waals surface area contributed by atoms with Crippen molar-refractivity contribution in [2.45, 2.75) is 89.3 Å². The first-order chi connectivity index (χ1) is 21.6. The van der Waals surface area contributed by atoms with Gasteiger partial charge in [-0.3, -0.25) is 9.69 Å². The average molecular weight is 629 g/mol. The van der Waals surface area contributed by atoms with Gasteiger partial charge in [0.05, 0.1) is 19.8 Å². The maximum Gasteiger partial charge on any atom is 0.328 e. The molecule has 2 aliphatic heterocycles. The van der Waals surface area contributed by atoms with Gasteiger partial charge in [0.1, 0.15) is 35.6 Å². The number of aliphatic hydroxyl groups excluding tert-OH is 1. The lowest BCUT2D eigenvalue weighted by Gasteiger charge is -2.34. The van der Waals surface area contributed by atoms with Crippen LogP contribution in [0.2, 0.25) is 0 Å². The minimum atomic E-state index is -1.23. The maximum atomic E-state index is 14.2. The molecule has 2 aromatic carbocycles. The first-order valence-corrected chi connectivity index (χ1v) is 15.9. The second kappa shape index (κ2) is 16.3. The monoisotopic (exact) mass is 628 g/mol. The zero-order chi connectivity index (χ0) is 32.5. The van der Waals surface area contributed by atoms with E-state index in [1.165, 1.54) is 12.1 Å². The van der Waals surface area contributed by atoms with Gasteiger partial charge in [0, 0.05) is 44.1 Å². The molecule has 0 saturated carbocycles. The van der Waals surface area contributed by atoms with Crippen molar-refractivity contribution in [1.29, 1.82) is 0 Å². The number of esters is 1. The highest BCUT2D eigenvalue weighted by Crippen LogP contribution is 2.30. The van der Waals surface area contributed by atoms with Gasteiger partial charge in [-0.25, -0.2) is 13.6 Å². The number of benzene rings is 2. The van der Waals surface area contributed by atoms with E-state index in [1.807, 2.05) is 24.3 Å². The summed E-state index contributed by atoms with van der Waals surface area (Å²) in [6.07, 6.45) is 2.78.